The molecule has 4 fully saturated rings. The summed E-state index contributed by atoms with van der Waals surface area (Å²) in [5, 5.41) is 8.75. The van der Waals surface area contributed by atoms with Crippen molar-refractivity contribution in [1.29, 1.82) is 0 Å². The van der Waals surface area contributed by atoms with Crippen molar-refractivity contribution >= 4 is 46.2 Å². The normalized spacial score (nSPS) is 35.5. The van der Waals surface area contributed by atoms with E-state index < -0.39 is 0 Å². The fourth-order valence-electron chi connectivity index (χ4n) is 5.06. The number of benzene rings is 1. The molecule has 4 aliphatic rings. The number of hydrogen-bond acceptors (Lipinski definition) is 1. The van der Waals surface area contributed by atoms with E-state index in [9.17, 15) is 0 Å². The molecule has 0 heterocycles. The van der Waals surface area contributed by atoms with Gasteiger partial charge in [-0.05, 0) is 86.2 Å². The fraction of sp³-hybridized carbons (Fsp3) is 0.588. The van der Waals surface area contributed by atoms with E-state index in [0.29, 0.717) is 21.2 Å². The van der Waals surface area contributed by atoms with E-state index in [1.165, 1.54) is 32.1 Å². The summed E-state index contributed by atoms with van der Waals surface area (Å²) < 4.78 is 0. The van der Waals surface area contributed by atoms with Gasteiger partial charge in [0.2, 0.25) is 0 Å². The molecule has 5 rings (SSSR count). The summed E-state index contributed by atoms with van der Waals surface area (Å²) in [4.78, 5) is 0. The van der Waals surface area contributed by atoms with Crippen molar-refractivity contribution in [3.63, 3.8) is 0 Å². The maximum absolute atomic E-state index is 6.20. The molecule has 0 unspecified atom stereocenters. The lowest BCUT2D eigenvalue weighted by molar-refractivity contribution is -0.00665. The largest absolute Gasteiger partial charge is 0.359 e. The summed E-state index contributed by atoms with van der Waals surface area (Å²) in [6.45, 7) is 0. The second-order valence-electron chi connectivity index (χ2n) is 7.18. The van der Waals surface area contributed by atoms with Gasteiger partial charge < -0.3 is 10.6 Å². The minimum absolute atomic E-state index is 0.533. The minimum Gasteiger partial charge on any atom is -0.359 e. The van der Waals surface area contributed by atoms with Crippen molar-refractivity contribution in [2.24, 2.45) is 23.7 Å². The Labute approximate surface area is 146 Å². The molecule has 22 heavy (non-hydrogen) atoms. The van der Waals surface area contributed by atoms with E-state index in [-0.39, 0.29) is 0 Å². The first-order chi connectivity index (χ1) is 10.6. The highest BCUT2D eigenvalue weighted by Crippen LogP contribution is 2.53. The molecule has 5 heteroatoms. The first kappa shape index (κ1) is 15.0. The van der Waals surface area contributed by atoms with E-state index in [1.807, 2.05) is 6.07 Å². The predicted octanol–water partition coefficient (Wildman–Crippen LogP) is 5.10. The molecule has 4 aliphatic carbocycles. The average Bonchev–Trinajstić information content (AvgIpc) is 2.46. The standard InChI is InChI=1S/C17H20Cl2N2S/c18-13-1-2-14(19)15(8-13)20-17(22)21-16-11-4-9-3-10(6-11)7-12(16)5-9/h1-2,8-12,16H,3-7H2,(H2,20,21,22). The third kappa shape index (κ3) is 2.83. The number of hydrogen-bond donors (Lipinski definition) is 2. The van der Waals surface area contributed by atoms with Crippen LogP contribution in [0.3, 0.4) is 0 Å². The molecule has 0 radical (unpaired) electrons. The van der Waals surface area contributed by atoms with Crippen molar-refractivity contribution < 1.29 is 0 Å². The summed E-state index contributed by atoms with van der Waals surface area (Å²) in [5.41, 5.74) is 0.774. The zero-order valence-electron chi connectivity index (χ0n) is 12.3. The Hall–Kier alpha value is -0.510. The Morgan fingerprint density at radius 1 is 1.00 bits per heavy atom. The monoisotopic (exact) mass is 354 g/mol. The van der Waals surface area contributed by atoms with Gasteiger partial charge in [0.05, 0.1) is 10.7 Å². The zero-order valence-corrected chi connectivity index (χ0v) is 14.6. The van der Waals surface area contributed by atoms with E-state index in [4.69, 9.17) is 35.4 Å². The molecule has 4 bridgehead atoms. The molecule has 2 nitrogen and oxygen atoms in total. The van der Waals surface area contributed by atoms with Crippen LogP contribution in [0.4, 0.5) is 5.69 Å². The maximum atomic E-state index is 6.20. The highest BCUT2D eigenvalue weighted by molar-refractivity contribution is 7.80. The van der Waals surface area contributed by atoms with E-state index in [0.717, 1.165) is 29.4 Å². The molecule has 4 saturated carbocycles. The van der Waals surface area contributed by atoms with Crippen LogP contribution in [0.5, 0.6) is 0 Å². The predicted molar refractivity (Wildman–Crippen MR) is 96.7 cm³/mol. The van der Waals surface area contributed by atoms with Crippen molar-refractivity contribution in [3.05, 3.63) is 28.2 Å². The van der Waals surface area contributed by atoms with Gasteiger partial charge in [0.25, 0.3) is 0 Å². The van der Waals surface area contributed by atoms with Gasteiger partial charge in [-0.25, -0.2) is 0 Å². The third-order valence-corrected chi connectivity index (χ3v) is 6.49. The van der Waals surface area contributed by atoms with Crippen molar-refractivity contribution in [2.45, 2.75) is 38.1 Å². The van der Waals surface area contributed by atoms with Crippen molar-refractivity contribution in [1.82, 2.24) is 5.32 Å². The van der Waals surface area contributed by atoms with Gasteiger partial charge in [0.15, 0.2) is 5.11 Å². The first-order valence-corrected chi connectivity index (χ1v) is 9.27. The lowest BCUT2D eigenvalue weighted by atomic mass is 9.54. The van der Waals surface area contributed by atoms with Crippen molar-refractivity contribution in [3.8, 4) is 0 Å². The van der Waals surface area contributed by atoms with Crippen LogP contribution in [-0.4, -0.2) is 11.2 Å². The quantitative estimate of drug-likeness (QED) is 0.722. The molecular weight excluding hydrogens is 335 g/mol. The third-order valence-electron chi connectivity index (χ3n) is 5.70. The van der Waals surface area contributed by atoms with Gasteiger partial charge in [-0.1, -0.05) is 23.2 Å². The van der Waals surface area contributed by atoms with Crippen LogP contribution in [0.2, 0.25) is 10.0 Å². The fourth-order valence-corrected chi connectivity index (χ4v) is 5.65. The van der Waals surface area contributed by atoms with Gasteiger partial charge in [0, 0.05) is 11.1 Å². The highest BCUT2D eigenvalue weighted by atomic mass is 35.5. The Kier molecular flexibility index (Phi) is 4.00. The second kappa shape index (κ2) is 5.85. The van der Waals surface area contributed by atoms with Crippen LogP contribution in [0.25, 0.3) is 0 Å². The van der Waals surface area contributed by atoms with Gasteiger partial charge in [-0.3, -0.25) is 0 Å². The van der Waals surface area contributed by atoms with Crippen LogP contribution in [0.15, 0.2) is 18.2 Å². The summed E-state index contributed by atoms with van der Waals surface area (Å²) in [6, 6.07) is 5.92. The number of rotatable bonds is 2. The number of thiocarbonyl (C=S) groups is 1. The van der Waals surface area contributed by atoms with Crippen LogP contribution in [0, 0.1) is 23.7 Å². The summed E-state index contributed by atoms with van der Waals surface area (Å²) in [6.07, 6.45) is 6.99. The van der Waals surface area contributed by atoms with Gasteiger partial charge in [0.1, 0.15) is 0 Å². The lowest BCUT2D eigenvalue weighted by Gasteiger charge is -2.54. The van der Waals surface area contributed by atoms with Crippen LogP contribution in [0.1, 0.15) is 32.1 Å². The molecule has 0 aromatic heterocycles. The SMILES string of the molecule is S=C(Nc1cc(Cl)ccc1Cl)NC1C2CC3CC(C2)CC1C3. The molecule has 0 aliphatic heterocycles. The minimum atomic E-state index is 0.533. The number of anilines is 1. The van der Waals surface area contributed by atoms with Crippen LogP contribution in [-0.2, 0) is 0 Å². The zero-order chi connectivity index (χ0) is 15.3. The Bertz CT molecular complexity index is 576. The maximum Gasteiger partial charge on any atom is 0.171 e. The Balaban J connectivity index is 1.43. The van der Waals surface area contributed by atoms with Gasteiger partial charge in [-0.2, -0.15) is 0 Å². The molecule has 0 amide bonds. The van der Waals surface area contributed by atoms with Crippen molar-refractivity contribution in [2.75, 3.05) is 5.32 Å². The summed E-state index contributed by atoms with van der Waals surface area (Å²) >= 11 is 17.7. The lowest BCUT2D eigenvalue weighted by Crippen LogP contribution is -2.56. The summed E-state index contributed by atoms with van der Waals surface area (Å²) in [7, 11) is 0. The van der Waals surface area contributed by atoms with Gasteiger partial charge >= 0.3 is 0 Å². The smallest absolute Gasteiger partial charge is 0.171 e. The highest BCUT2D eigenvalue weighted by Gasteiger charge is 2.48. The molecule has 1 aromatic carbocycles. The Morgan fingerprint density at radius 2 is 1.64 bits per heavy atom. The molecule has 2 N–H and O–H groups in total. The topological polar surface area (TPSA) is 24.1 Å². The van der Waals surface area contributed by atoms with Gasteiger partial charge in [-0.15, -0.1) is 0 Å². The van der Waals surface area contributed by atoms with E-state index >= 15 is 0 Å². The van der Waals surface area contributed by atoms with Crippen LogP contribution < -0.4 is 10.6 Å². The Morgan fingerprint density at radius 3 is 2.27 bits per heavy atom. The van der Waals surface area contributed by atoms with E-state index in [2.05, 4.69) is 10.6 Å². The summed E-state index contributed by atoms with van der Waals surface area (Å²) in [5.74, 6) is 3.55. The molecule has 118 valence electrons. The molecule has 1 aromatic rings. The second-order valence-corrected chi connectivity index (χ2v) is 8.43. The molecule has 0 spiro atoms. The van der Waals surface area contributed by atoms with E-state index in [1.54, 1.807) is 12.1 Å². The van der Waals surface area contributed by atoms with Crippen LogP contribution >= 0.6 is 35.4 Å². The molecule has 0 atom stereocenters. The number of halogens is 2. The first-order valence-electron chi connectivity index (χ1n) is 8.11. The number of nitrogens with one attached hydrogen (secondary N) is 2. The molecule has 0 saturated heterocycles. The molecular formula is C17H20Cl2N2S. The average molecular weight is 355 g/mol.